The Labute approximate surface area is 108 Å². The number of carbonyl (C=O) groups is 1. The number of aromatic nitrogens is 3. The zero-order valence-electron chi connectivity index (χ0n) is 9.79. The standard InChI is InChI=1S/C13H10N4O2/c18-13(19)8-1-4-12(14-6-8)16-10-2-3-11-9(5-10)7-15-17-11/h1-7H,(H,14,16)(H,15,17)(H,18,19). The number of fused-ring (bicyclic) bond motifs is 1. The number of aromatic carboxylic acids is 1. The Morgan fingerprint density at radius 1 is 1.21 bits per heavy atom. The van der Waals surface area contributed by atoms with Crippen LogP contribution in [0.1, 0.15) is 10.4 Å². The molecule has 3 rings (SSSR count). The summed E-state index contributed by atoms with van der Waals surface area (Å²) in [4.78, 5) is 14.8. The molecule has 0 atom stereocenters. The van der Waals surface area contributed by atoms with Crippen molar-refractivity contribution < 1.29 is 9.90 Å². The topological polar surface area (TPSA) is 90.9 Å². The van der Waals surface area contributed by atoms with E-state index in [9.17, 15) is 4.79 Å². The van der Waals surface area contributed by atoms with Gasteiger partial charge in [-0.1, -0.05) is 0 Å². The van der Waals surface area contributed by atoms with Crippen molar-refractivity contribution in [1.82, 2.24) is 15.2 Å². The zero-order chi connectivity index (χ0) is 13.2. The van der Waals surface area contributed by atoms with Crippen molar-refractivity contribution in [2.24, 2.45) is 0 Å². The van der Waals surface area contributed by atoms with Gasteiger partial charge in [0.1, 0.15) is 5.82 Å². The molecule has 0 unspecified atom stereocenters. The summed E-state index contributed by atoms with van der Waals surface area (Å²) >= 11 is 0. The highest BCUT2D eigenvalue weighted by molar-refractivity contribution is 5.87. The Morgan fingerprint density at radius 2 is 2.11 bits per heavy atom. The van der Waals surface area contributed by atoms with Crippen LogP contribution in [0.4, 0.5) is 11.5 Å². The van der Waals surface area contributed by atoms with Gasteiger partial charge in [-0.3, -0.25) is 5.10 Å². The molecule has 0 bridgehead atoms. The number of rotatable bonds is 3. The largest absolute Gasteiger partial charge is 0.478 e. The van der Waals surface area contributed by atoms with Gasteiger partial charge in [0, 0.05) is 17.3 Å². The molecule has 0 aliphatic rings. The molecule has 0 spiro atoms. The van der Waals surface area contributed by atoms with Crippen LogP contribution in [0, 0.1) is 0 Å². The van der Waals surface area contributed by atoms with Crippen molar-refractivity contribution in [3.05, 3.63) is 48.3 Å². The highest BCUT2D eigenvalue weighted by Crippen LogP contribution is 2.19. The number of nitrogens with one attached hydrogen (secondary N) is 2. The first-order valence-corrected chi connectivity index (χ1v) is 5.62. The van der Waals surface area contributed by atoms with E-state index < -0.39 is 5.97 Å². The maximum atomic E-state index is 10.7. The molecule has 2 aromatic heterocycles. The molecule has 6 heteroatoms. The lowest BCUT2D eigenvalue weighted by Gasteiger charge is -2.05. The van der Waals surface area contributed by atoms with Gasteiger partial charge < -0.3 is 10.4 Å². The highest BCUT2D eigenvalue weighted by Gasteiger charge is 2.03. The van der Waals surface area contributed by atoms with E-state index in [2.05, 4.69) is 20.5 Å². The van der Waals surface area contributed by atoms with Crippen LogP contribution in [-0.4, -0.2) is 26.3 Å². The van der Waals surface area contributed by atoms with Gasteiger partial charge in [0.05, 0.1) is 17.3 Å². The number of carboxylic acids is 1. The van der Waals surface area contributed by atoms with Gasteiger partial charge in [0.15, 0.2) is 0 Å². The second kappa shape index (κ2) is 4.41. The Hall–Kier alpha value is -2.89. The number of nitrogens with zero attached hydrogens (tertiary/aromatic N) is 2. The van der Waals surface area contributed by atoms with Crippen LogP contribution in [0.25, 0.3) is 10.9 Å². The molecular weight excluding hydrogens is 244 g/mol. The Morgan fingerprint density at radius 3 is 2.84 bits per heavy atom. The number of benzene rings is 1. The molecule has 19 heavy (non-hydrogen) atoms. The summed E-state index contributed by atoms with van der Waals surface area (Å²) in [6, 6.07) is 8.88. The third-order valence-corrected chi connectivity index (χ3v) is 2.72. The number of hydrogen-bond donors (Lipinski definition) is 3. The van der Waals surface area contributed by atoms with Gasteiger partial charge in [0.25, 0.3) is 0 Å². The molecular formula is C13H10N4O2. The Balaban J connectivity index is 1.85. The predicted octanol–water partition coefficient (Wildman–Crippen LogP) is 2.40. The molecule has 0 saturated carbocycles. The molecule has 1 aromatic carbocycles. The molecule has 3 N–H and O–H groups in total. The molecule has 0 radical (unpaired) electrons. The van der Waals surface area contributed by atoms with Crippen LogP contribution in [-0.2, 0) is 0 Å². The van der Waals surface area contributed by atoms with Gasteiger partial charge in [-0.25, -0.2) is 9.78 Å². The van der Waals surface area contributed by atoms with E-state index in [1.165, 1.54) is 12.3 Å². The minimum atomic E-state index is -0.987. The van der Waals surface area contributed by atoms with Crippen LogP contribution < -0.4 is 5.32 Å². The fourth-order valence-corrected chi connectivity index (χ4v) is 1.76. The fraction of sp³-hybridized carbons (Fsp3) is 0. The molecule has 94 valence electrons. The van der Waals surface area contributed by atoms with E-state index in [4.69, 9.17) is 5.11 Å². The van der Waals surface area contributed by atoms with Gasteiger partial charge in [-0.2, -0.15) is 5.10 Å². The van der Waals surface area contributed by atoms with E-state index in [-0.39, 0.29) is 5.56 Å². The van der Waals surface area contributed by atoms with Crippen molar-refractivity contribution in [2.75, 3.05) is 5.32 Å². The second-order valence-electron chi connectivity index (χ2n) is 4.03. The lowest BCUT2D eigenvalue weighted by Crippen LogP contribution is -1.99. The minimum absolute atomic E-state index is 0.163. The van der Waals surface area contributed by atoms with Crippen molar-refractivity contribution >= 4 is 28.4 Å². The number of anilines is 2. The average Bonchev–Trinajstić information content (AvgIpc) is 2.87. The van der Waals surface area contributed by atoms with Crippen LogP contribution >= 0.6 is 0 Å². The Kier molecular flexibility index (Phi) is 2.60. The number of pyridine rings is 1. The summed E-state index contributed by atoms with van der Waals surface area (Å²) in [7, 11) is 0. The zero-order valence-corrected chi connectivity index (χ0v) is 9.79. The summed E-state index contributed by atoms with van der Waals surface area (Å²) in [6.07, 6.45) is 3.06. The van der Waals surface area contributed by atoms with E-state index in [1.54, 1.807) is 12.3 Å². The third-order valence-electron chi connectivity index (χ3n) is 2.72. The smallest absolute Gasteiger partial charge is 0.337 e. The van der Waals surface area contributed by atoms with Crippen LogP contribution in [0.2, 0.25) is 0 Å². The van der Waals surface area contributed by atoms with Gasteiger partial charge >= 0.3 is 5.97 Å². The molecule has 6 nitrogen and oxygen atoms in total. The monoisotopic (exact) mass is 254 g/mol. The lowest BCUT2D eigenvalue weighted by atomic mass is 10.2. The first-order valence-electron chi connectivity index (χ1n) is 5.62. The quantitative estimate of drug-likeness (QED) is 0.667. The third kappa shape index (κ3) is 2.23. The molecule has 0 fully saturated rings. The molecule has 0 aliphatic heterocycles. The van der Waals surface area contributed by atoms with Gasteiger partial charge in [0.2, 0.25) is 0 Å². The van der Waals surface area contributed by atoms with Crippen LogP contribution in [0.3, 0.4) is 0 Å². The number of aromatic amines is 1. The van der Waals surface area contributed by atoms with Crippen molar-refractivity contribution in [1.29, 1.82) is 0 Å². The number of carboxylic acid groups (broad SMARTS) is 1. The van der Waals surface area contributed by atoms with E-state index in [0.29, 0.717) is 5.82 Å². The maximum Gasteiger partial charge on any atom is 0.337 e. The second-order valence-corrected chi connectivity index (χ2v) is 4.03. The molecule has 3 aromatic rings. The van der Waals surface area contributed by atoms with E-state index in [0.717, 1.165) is 16.6 Å². The highest BCUT2D eigenvalue weighted by atomic mass is 16.4. The van der Waals surface area contributed by atoms with Crippen molar-refractivity contribution in [3.63, 3.8) is 0 Å². The van der Waals surface area contributed by atoms with Crippen molar-refractivity contribution in [2.45, 2.75) is 0 Å². The normalized spacial score (nSPS) is 10.5. The van der Waals surface area contributed by atoms with Crippen LogP contribution in [0.5, 0.6) is 0 Å². The molecule has 0 amide bonds. The minimum Gasteiger partial charge on any atom is -0.478 e. The molecule has 0 aliphatic carbocycles. The van der Waals surface area contributed by atoms with Crippen molar-refractivity contribution in [3.8, 4) is 0 Å². The van der Waals surface area contributed by atoms with Crippen LogP contribution in [0.15, 0.2) is 42.7 Å². The SMILES string of the molecule is O=C(O)c1ccc(Nc2ccc3[nH]ncc3c2)nc1. The average molecular weight is 254 g/mol. The van der Waals surface area contributed by atoms with Gasteiger partial charge in [-0.05, 0) is 30.3 Å². The summed E-state index contributed by atoms with van der Waals surface area (Å²) in [5.41, 5.74) is 1.99. The van der Waals surface area contributed by atoms with E-state index >= 15 is 0 Å². The summed E-state index contributed by atoms with van der Waals surface area (Å²) in [5, 5.41) is 19.7. The maximum absolute atomic E-state index is 10.7. The molecule has 2 heterocycles. The molecule has 0 saturated heterocycles. The first kappa shape index (κ1) is 11.2. The predicted molar refractivity (Wildman–Crippen MR) is 70.6 cm³/mol. The number of H-pyrrole nitrogens is 1. The lowest BCUT2D eigenvalue weighted by molar-refractivity contribution is 0.0696. The summed E-state index contributed by atoms with van der Waals surface area (Å²) < 4.78 is 0. The van der Waals surface area contributed by atoms with Gasteiger partial charge in [-0.15, -0.1) is 0 Å². The number of hydrogen-bond acceptors (Lipinski definition) is 4. The summed E-state index contributed by atoms with van der Waals surface area (Å²) in [6.45, 7) is 0. The summed E-state index contributed by atoms with van der Waals surface area (Å²) in [5.74, 6) is -0.397. The fourth-order valence-electron chi connectivity index (χ4n) is 1.76. The Bertz CT molecular complexity index is 734. The van der Waals surface area contributed by atoms with E-state index in [1.807, 2.05) is 18.2 Å². The first-order chi connectivity index (χ1) is 9.22.